The van der Waals surface area contributed by atoms with E-state index in [9.17, 15) is 0 Å². The molecule has 7 nitrogen and oxygen atoms in total. The number of likely N-dealkylation sites (tertiary alicyclic amines) is 1. The van der Waals surface area contributed by atoms with Gasteiger partial charge in [-0.15, -0.1) is 0 Å². The van der Waals surface area contributed by atoms with E-state index in [1.54, 1.807) is 0 Å². The van der Waals surface area contributed by atoms with Gasteiger partial charge < -0.3 is 10.2 Å². The largest absolute Gasteiger partial charge is 0.352 e. The Morgan fingerprint density at radius 1 is 1.14 bits per heavy atom. The SMILES string of the molecule is CN=C(NCc1cnn(Cc2ccccc2)c1)N1CCC(c2cnn(C)c2)C1. The first-order chi connectivity index (χ1) is 13.7. The van der Waals surface area contributed by atoms with Gasteiger partial charge in [0.2, 0.25) is 0 Å². The van der Waals surface area contributed by atoms with Gasteiger partial charge in [0, 0.05) is 57.6 Å². The molecule has 146 valence electrons. The third-order valence-corrected chi connectivity index (χ3v) is 5.22. The summed E-state index contributed by atoms with van der Waals surface area (Å²) in [5.74, 6) is 1.46. The van der Waals surface area contributed by atoms with Crippen LogP contribution in [0.25, 0.3) is 0 Å². The summed E-state index contributed by atoms with van der Waals surface area (Å²) in [5, 5.41) is 12.3. The van der Waals surface area contributed by atoms with Gasteiger partial charge in [0.05, 0.1) is 18.9 Å². The first kappa shape index (κ1) is 18.3. The fraction of sp³-hybridized carbons (Fsp3) is 0.381. The van der Waals surface area contributed by atoms with E-state index in [1.165, 1.54) is 11.1 Å². The van der Waals surface area contributed by atoms with Gasteiger partial charge in [-0.25, -0.2) is 0 Å². The summed E-state index contributed by atoms with van der Waals surface area (Å²) in [5.41, 5.74) is 3.71. The third-order valence-electron chi connectivity index (χ3n) is 5.22. The van der Waals surface area contributed by atoms with Crippen molar-refractivity contribution in [3.05, 3.63) is 71.8 Å². The number of hydrogen-bond donors (Lipinski definition) is 1. The molecule has 0 amide bonds. The van der Waals surface area contributed by atoms with Crippen molar-refractivity contribution in [3.8, 4) is 0 Å². The molecule has 1 aromatic carbocycles. The summed E-state index contributed by atoms with van der Waals surface area (Å²) in [6.45, 7) is 3.48. The topological polar surface area (TPSA) is 63.3 Å². The van der Waals surface area contributed by atoms with Gasteiger partial charge in [-0.1, -0.05) is 30.3 Å². The minimum Gasteiger partial charge on any atom is -0.352 e. The first-order valence-corrected chi connectivity index (χ1v) is 9.70. The van der Waals surface area contributed by atoms with Crippen molar-refractivity contribution < 1.29 is 0 Å². The smallest absolute Gasteiger partial charge is 0.193 e. The molecule has 1 aliphatic rings. The molecule has 1 atom stereocenters. The second kappa shape index (κ2) is 8.29. The summed E-state index contributed by atoms with van der Waals surface area (Å²) < 4.78 is 3.85. The second-order valence-corrected chi connectivity index (χ2v) is 7.31. The third kappa shape index (κ3) is 4.24. The van der Waals surface area contributed by atoms with Gasteiger partial charge in [0.15, 0.2) is 5.96 Å². The van der Waals surface area contributed by atoms with Crippen LogP contribution in [0.1, 0.15) is 29.0 Å². The molecule has 28 heavy (non-hydrogen) atoms. The molecule has 1 unspecified atom stereocenters. The van der Waals surface area contributed by atoms with E-state index in [0.29, 0.717) is 5.92 Å². The van der Waals surface area contributed by atoms with Gasteiger partial charge in [-0.2, -0.15) is 10.2 Å². The lowest BCUT2D eigenvalue weighted by atomic mass is 10.0. The Morgan fingerprint density at radius 3 is 2.75 bits per heavy atom. The van der Waals surface area contributed by atoms with Crippen molar-refractivity contribution in [3.63, 3.8) is 0 Å². The van der Waals surface area contributed by atoms with Crippen LogP contribution in [-0.2, 0) is 20.1 Å². The van der Waals surface area contributed by atoms with Crippen LogP contribution in [-0.4, -0.2) is 50.6 Å². The molecule has 0 radical (unpaired) electrons. The first-order valence-electron chi connectivity index (χ1n) is 9.70. The van der Waals surface area contributed by atoms with Gasteiger partial charge in [0.1, 0.15) is 0 Å². The maximum atomic E-state index is 4.48. The maximum absolute atomic E-state index is 4.48. The second-order valence-electron chi connectivity index (χ2n) is 7.31. The number of nitrogens with one attached hydrogen (secondary N) is 1. The minimum absolute atomic E-state index is 0.515. The highest BCUT2D eigenvalue weighted by Crippen LogP contribution is 2.26. The lowest BCUT2D eigenvalue weighted by Crippen LogP contribution is -2.39. The molecule has 0 spiro atoms. The maximum Gasteiger partial charge on any atom is 0.193 e. The zero-order chi connectivity index (χ0) is 19.3. The average Bonchev–Trinajstić information content (AvgIpc) is 3.45. The molecule has 0 saturated carbocycles. The highest BCUT2D eigenvalue weighted by atomic mass is 15.3. The Hall–Kier alpha value is -3.09. The lowest BCUT2D eigenvalue weighted by Gasteiger charge is -2.21. The van der Waals surface area contributed by atoms with Crippen molar-refractivity contribution in [1.29, 1.82) is 0 Å². The van der Waals surface area contributed by atoms with Gasteiger partial charge in [-0.05, 0) is 17.5 Å². The van der Waals surface area contributed by atoms with Crippen LogP contribution in [0.5, 0.6) is 0 Å². The number of rotatable bonds is 5. The van der Waals surface area contributed by atoms with E-state index in [2.05, 4.69) is 62.1 Å². The molecule has 0 aliphatic carbocycles. The lowest BCUT2D eigenvalue weighted by molar-refractivity contribution is 0.486. The van der Waals surface area contributed by atoms with Gasteiger partial charge in [-0.3, -0.25) is 14.4 Å². The zero-order valence-electron chi connectivity index (χ0n) is 16.5. The van der Waals surface area contributed by atoms with Crippen LogP contribution in [0.3, 0.4) is 0 Å². The molecule has 1 saturated heterocycles. The molecule has 3 heterocycles. The normalized spacial score (nSPS) is 17.3. The highest BCUT2D eigenvalue weighted by Gasteiger charge is 2.26. The van der Waals surface area contributed by atoms with E-state index in [1.807, 2.05) is 41.9 Å². The number of nitrogens with zero attached hydrogens (tertiary/aromatic N) is 6. The molecule has 1 fully saturated rings. The van der Waals surface area contributed by atoms with Crippen molar-refractivity contribution in [2.45, 2.75) is 25.4 Å². The fourth-order valence-corrected chi connectivity index (χ4v) is 3.74. The summed E-state index contributed by atoms with van der Waals surface area (Å²) in [6.07, 6.45) is 9.24. The summed E-state index contributed by atoms with van der Waals surface area (Å²) in [6, 6.07) is 10.4. The van der Waals surface area contributed by atoms with Crippen LogP contribution in [0.2, 0.25) is 0 Å². The van der Waals surface area contributed by atoms with Crippen molar-refractivity contribution in [2.75, 3.05) is 20.1 Å². The molecule has 3 aromatic rings. The molecular formula is C21H27N7. The molecule has 2 aromatic heterocycles. The van der Waals surface area contributed by atoms with Gasteiger partial charge in [0.25, 0.3) is 0 Å². The van der Waals surface area contributed by atoms with E-state index in [-0.39, 0.29) is 0 Å². The van der Waals surface area contributed by atoms with Gasteiger partial charge >= 0.3 is 0 Å². The standard InChI is InChI=1S/C21H27N7/c1-22-21(27-9-8-19(16-27)20-12-24-26(2)15-20)23-10-18-11-25-28(14-18)13-17-6-4-3-5-7-17/h3-7,11-12,14-15,19H,8-10,13,16H2,1-2H3,(H,22,23). The Bertz CT molecular complexity index is 925. The van der Waals surface area contributed by atoms with Crippen molar-refractivity contribution >= 4 is 5.96 Å². The highest BCUT2D eigenvalue weighted by molar-refractivity contribution is 5.80. The monoisotopic (exact) mass is 377 g/mol. The Balaban J connectivity index is 1.31. The number of guanidine groups is 1. The van der Waals surface area contributed by atoms with E-state index in [0.717, 1.165) is 44.1 Å². The predicted molar refractivity (Wildman–Crippen MR) is 110 cm³/mol. The molecule has 1 aliphatic heterocycles. The number of aryl methyl sites for hydroxylation is 1. The number of aromatic nitrogens is 4. The summed E-state index contributed by atoms with van der Waals surface area (Å²) >= 11 is 0. The average molecular weight is 377 g/mol. The van der Waals surface area contributed by atoms with E-state index < -0.39 is 0 Å². The molecule has 7 heteroatoms. The molecular weight excluding hydrogens is 350 g/mol. The van der Waals surface area contributed by atoms with Crippen molar-refractivity contribution in [1.82, 2.24) is 29.8 Å². The van der Waals surface area contributed by atoms with Crippen molar-refractivity contribution in [2.24, 2.45) is 12.0 Å². The molecule has 1 N–H and O–H groups in total. The van der Waals surface area contributed by atoms with E-state index in [4.69, 9.17) is 0 Å². The van der Waals surface area contributed by atoms with Crippen LogP contribution < -0.4 is 5.32 Å². The minimum atomic E-state index is 0.515. The van der Waals surface area contributed by atoms with Crippen LogP contribution in [0.15, 0.2) is 60.1 Å². The van der Waals surface area contributed by atoms with E-state index >= 15 is 0 Å². The summed E-state index contributed by atoms with van der Waals surface area (Å²) in [4.78, 5) is 6.80. The fourth-order valence-electron chi connectivity index (χ4n) is 3.74. The Labute approximate surface area is 165 Å². The Kier molecular flexibility index (Phi) is 5.41. The molecule has 4 rings (SSSR count). The molecule has 0 bridgehead atoms. The van der Waals surface area contributed by atoms with Crippen LogP contribution >= 0.6 is 0 Å². The number of aliphatic imine (C=N–C) groups is 1. The quantitative estimate of drug-likeness (QED) is 0.547. The summed E-state index contributed by atoms with van der Waals surface area (Å²) in [7, 11) is 3.81. The Morgan fingerprint density at radius 2 is 2.00 bits per heavy atom. The zero-order valence-corrected chi connectivity index (χ0v) is 16.5. The number of hydrogen-bond acceptors (Lipinski definition) is 3. The number of benzene rings is 1. The van der Waals surface area contributed by atoms with Crippen LogP contribution in [0.4, 0.5) is 0 Å². The predicted octanol–water partition coefficient (Wildman–Crippen LogP) is 2.23. The van der Waals surface area contributed by atoms with Crippen LogP contribution in [0, 0.1) is 0 Å².